The Morgan fingerprint density at radius 1 is 1.07 bits per heavy atom. The number of ether oxygens (including phenoxy) is 1. The number of hydrazone groups is 1. The number of aromatic nitrogens is 1. The number of urea groups is 1. The molecule has 1 unspecified atom stereocenters. The van der Waals surface area contributed by atoms with Crippen LogP contribution in [0, 0.1) is 17.5 Å². The van der Waals surface area contributed by atoms with Crippen molar-refractivity contribution in [2.75, 3.05) is 13.1 Å². The lowest BCUT2D eigenvalue weighted by Gasteiger charge is -2.40. The van der Waals surface area contributed by atoms with Crippen molar-refractivity contribution in [1.82, 2.24) is 14.9 Å². The first kappa shape index (κ1) is 17.3. The Morgan fingerprint density at radius 2 is 1.81 bits per heavy atom. The molecule has 9 heteroatoms. The SMILES string of the molecule is O=C(N1CC(Oc2ccc(F)cn2)C1)N1N=CCC1c1cc(F)cc(F)c1. The maximum absolute atomic E-state index is 13.5. The number of hydrogen-bond donors (Lipinski definition) is 0. The highest BCUT2D eigenvalue weighted by Crippen LogP contribution is 2.31. The van der Waals surface area contributed by atoms with E-state index >= 15 is 0 Å². The standard InChI is InChI=1S/C18H15F3N4O2/c19-12-1-2-17(22-8-12)27-15-9-24(10-15)18(26)25-16(3-4-23-25)11-5-13(20)7-14(21)6-11/h1-2,4-8,15-16H,3,9-10H2. The van der Waals surface area contributed by atoms with E-state index in [1.165, 1.54) is 34.2 Å². The molecule has 0 spiro atoms. The van der Waals surface area contributed by atoms with Crippen LogP contribution in [0.5, 0.6) is 5.88 Å². The second kappa shape index (κ2) is 6.90. The zero-order valence-corrected chi connectivity index (χ0v) is 14.1. The molecule has 0 N–H and O–H groups in total. The Morgan fingerprint density at radius 3 is 2.48 bits per heavy atom. The molecule has 3 heterocycles. The molecule has 6 nitrogen and oxygen atoms in total. The van der Waals surface area contributed by atoms with Crippen molar-refractivity contribution in [2.45, 2.75) is 18.6 Å². The molecule has 1 saturated heterocycles. The first-order valence-electron chi connectivity index (χ1n) is 8.34. The van der Waals surface area contributed by atoms with E-state index in [1.807, 2.05) is 0 Å². The molecule has 0 aliphatic carbocycles. The number of carbonyl (C=O) groups is 1. The van der Waals surface area contributed by atoms with Crippen LogP contribution in [0.3, 0.4) is 0 Å². The molecule has 2 aromatic rings. The molecular weight excluding hydrogens is 361 g/mol. The van der Waals surface area contributed by atoms with Gasteiger partial charge in [-0.1, -0.05) is 0 Å². The topological polar surface area (TPSA) is 58.0 Å². The zero-order chi connectivity index (χ0) is 19.0. The van der Waals surface area contributed by atoms with Gasteiger partial charge >= 0.3 is 6.03 Å². The summed E-state index contributed by atoms with van der Waals surface area (Å²) in [6.07, 6.45) is 2.71. The van der Waals surface area contributed by atoms with Gasteiger partial charge in [-0.25, -0.2) is 28.0 Å². The summed E-state index contributed by atoms with van der Waals surface area (Å²) >= 11 is 0. The number of likely N-dealkylation sites (tertiary alicyclic amines) is 1. The van der Waals surface area contributed by atoms with Crippen molar-refractivity contribution in [3.8, 4) is 5.88 Å². The maximum atomic E-state index is 13.5. The van der Waals surface area contributed by atoms with Crippen LogP contribution in [-0.2, 0) is 0 Å². The van der Waals surface area contributed by atoms with E-state index in [0.29, 0.717) is 25.1 Å². The summed E-state index contributed by atoms with van der Waals surface area (Å²) in [5.74, 6) is -1.58. The summed E-state index contributed by atoms with van der Waals surface area (Å²) in [7, 11) is 0. The second-order valence-corrected chi connectivity index (χ2v) is 6.34. The number of carbonyl (C=O) groups excluding carboxylic acids is 1. The lowest BCUT2D eigenvalue weighted by molar-refractivity contribution is 0.0252. The van der Waals surface area contributed by atoms with Crippen molar-refractivity contribution < 1.29 is 22.7 Å². The molecule has 1 aromatic heterocycles. The van der Waals surface area contributed by atoms with Crippen LogP contribution >= 0.6 is 0 Å². The predicted octanol–water partition coefficient (Wildman–Crippen LogP) is 3.11. The number of nitrogens with zero attached hydrogens (tertiary/aromatic N) is 4. The summed E-state index contributed by atoms with van der Waals surface area (Å²) in [6.45, 7) is 0.627. The predicted molar refractivity (Wildman–Crippen MR) is 89.6 cm³/mol. The molecule has 0 bridgehead atoms. The summed E-state index contributed by atoms with van der Waals surface area (Å²) < 4.78 is 45.4. The van der Waals surface area contributed by atoms with E-state index in [4.69, 9.17) is 4.74 Å². The molecule has 2 aliphatic rings. The number of pyridine rings is 1. The summed E-state index contributed by atoms with van der Waals surface area (Å²) in [6, 6.07) is 4.92. The normalized spacial score (nSPS) is 19.3. The van der Waals surface area contributed by atoms with Gasteiger partial charge in [0, 0.05) is 24.8 Å². The highest BCUT2D eigenvalue weighted by molar-refractivity contribution is 5.79. The number of rotatable bonds is 3. The molecule has 1 fully saturated rings. The van der Waals surface area contributed by atoms with Gasteiger partial charge in [0.25, 0.3) is 0 Å². The van der Waals surface area contributed by atoms with Gasteiger partial charge in [-0.05, 0) is 23.8 Å². The largest absolute Gasteiger partial charge is 0.471 e. The fourth-order valence-electron chi connectivity index (χ4n) is 3.06. The van der Waals surface area contributed by atoms with Crippen molar-refractivity contribution in [3.63, 3.8) is 0 Å². The Balaban J connectivity index is 1.38. The Bertz CT molecular complexity index is 864. The van der Waals surface area contributed by atoms with Gasteiger partial charge in [-0.3, -0.25) is 0 Å². The Hall–Kier alpha value is -3.10. The molecule has 140 valence electrons. The minimum atomic E-state index is -0.700. The van der Waals surface area contributed by atoms with Crippen LogP contribution in [0.1, 0.15) is 18.0 Å². The van der Waals surface area contributed by atoms with E-state index in [1.54, 1.807) is 6.21 Å². The average Bonchev–Trinajstić information content (AvgIpc) is 3.08. The van der Waals surface area contributed by atoms with E-state index < -0.39 is 23.5 Å². The number of amides is 2. The molecule has 1 aromatic carbocycles. The molecule has 1 atom stereocenters. The molecule has 0 radical (unpaired) electrons. The smallest absolute Gasteiger partial charge is 0.341 e. The highest BCUT2D eigenvalue weighted by Gasteiger charge is 2.39. The van der Waals surface area contributed by atoms with Crippen LogP contribution in [0.2, 0.25) is 0 Å². The third-order valence-electron chi connectivity index (χ3n) is 4.40. The van der Waals surface area contributed by atoms with Crippen LogP contribution < -0.4 is 4.74 Å². The number of halogens is 3. The van der Waals surface area contributed by atoms with Crippen LogP contribution in [0.25, 0.3) is 0 Å². The molecule has 0 saturated carbocycles. The van der Waals surface area contributed by atoms with Gasteiger partial charge in [-0.2, -0.15) is 5.10 Å². The van der Waals surface area contributed by atoms with Gasteiger partial charge in [0.2, 0.25) is 5.88 Å². The number of hydrogen-bond acceptors (Lipinski definition) is 4. The third kappa shape index (κ3) is 3.57. The fraction of sp³-hybridized carbons (Fsp3) is 0.278. The summed E-state index contributed by atoms with van der Waals surface area (Å²) in [5, 5.41) is 5.27. The van der Waals surface area contributed by atoms with Crippen molar-refractivity contribution in [2.24, 2.45) is 5.10 Å². The molecule has 4 rings (SSSR count). The first-order chi connectivity index (χ1) is 13.0. The number of benzene rings is 1. The van der Waals surface area contributed by atoms with E-state index in [-0.39, 0.29) is 18.0 Å². The van der Waals surface area contributed by atoms with Crippen LogP contribution in [0.15, 0.2) is 41.6 Å². The molecule has 27 heavy (non-hydrogen) atoms. The average molecular weight is 376 g/mol. The Kier molecular flexibility index (Phi) is 4.43. The van der Waals surface area contributed by atoms with Crippen molar-refractivity contribution >= 4 is 12.2 Å². The fourth-order valence-corrected chi connectivity index (χ4v) is 3.06. The van der Waals surface area contributed by atoms with E-state index in [2.05, 4.69) is 10.1 Å². The summed E-state index contributed by atoms with van der Waals surface area (Å²) in [4.78, 5) is 18.0. The lowest BCUT2D eigenvalue weighted by atomic mass is 10.0. The third-order valence-corrected chi connectivity index (χ3v) is 4.40. The van der Waals surface area contributed by atoms with E-state index in [9.17, 15) is 18.0 Å². The van der Waals surface area contributed by atoms with Gasteiger partial charge in [0.1, 0.15) is 23.6 Å². The molecule has 2 amide bonds. The summed E-state index contributed by atoms with van der Waals surface area (Å²) in [5.41, 5.74) is 0.349. The monoisotopic (exact) mass is 376 g/mol. The van der Waals surface area contributed by atoms with Gasteiger partial charge in [0.15, 0.2) is 0 Å². The van der Waals surface area contributed by atoms with Crippen molar-refractivity contribution in [1.29, 1.82) is 0 Å². The van der Waals surface area contributed by atoms with Crippen LogP contribution in [0.4, 0.5) is 18.0 Å². The maximum Gasteiger partial charge on any atom is 0.341 e. The van der Waals surface area contributed by atoms with Gasteiger partial charge in [0.05, 0.1) is 25.3 Å². The van der Waals surface area contributed by atoms with Gasteiger partial charge in [-0.15, -0.1) is 0 Å². The van der Waals surface area contributed by atoms with Crippen LogP contribution in [-0.4, -0.2) is 46.3 Å². The Labute approximate surface area is 152 Å². The van der Waals surface area contributed by atoms with Crippen molar-refractivity contribution in [3.05, 3.63) is 59.5 Å². The molecular formula is C18H15F3N4O2. The highest BCUT2D eigenvalue weighted by atomic mass is 19.1. The molecule has 2 aliphatic heterocycles. The zero-order valence-electron chi connectivity index (χ0n) is 14.1. The lowest BCUT2D eigenvalue weighted by Crippen LogP contribution is -2.58. The first-order valence-corrected chi connectivity index (χ1v) is 8.34. The minimum absolute atomic E-state index is 0.261. The van der Waals surface area contributed by atoms with Gasteiger partial charge < -0.3 is 9.64 Å². The van der Waals surface area contributed by atoms with E-state index in [0.717, 1.165) is 12.3 Å². The second-order valence-electron chi connectivity index (χ2n) is 6.34. The minimum Gasteiger partial charge on any atom is -0.471 e. The quantitative estimate of drug-likeness (QED) is 0.827.